The summed E-state index contributed by atoms with van der Waals surface area (Å²) < 4.78 is 38.6. The molecule has 0 aliphatic carbocycles. The summed E-state index contributed by atoms with van der Waals surface area (Å²) in [6, 6.07) is 9.48. The van der Waals surface area contributed by atoms with Crippen LogP contribution in [0, 0.1) is 0 Å². The van der Waals surface area contributed by atoms with Crippen molar-refractivity contribution in [3.63, 3.8) is 0 Å². The molecule has 2 amide bonds. The lowest BCUT2D eigenvalue weighted by Gasteiger charge is -2.13. The highest BCUT2D eigenvalue weighted by Gasteiger charge is 2.33. The van der Waals surface area contributed by atoms with Gasteiger partial charge in [-0.3, -0.25) is 4.99 Å². The van der Waals surface area contributed by atoms with Crippen LogP contribution in [-0.2, 0) is 6.18 Å². The minimum absolute atomic E-state index is 0. The number of benzene rings is 2. The molecule has 0 atom stereocenters. The fourth-order valence-corrected chi connectivity index (χ4v) is 2.67. The van der Waals surface area contributed by atoms with Crippen molar-refractivity contribution in [2.45, 2.75) is 6.18 Å². The third-order valence-corrected chi connectivity index (χ3v) is 3.93. The Morgan fingerprint density at radius 2 is 1.81 bits per heavy atom. The van der Waals surface area contributed by atoms with Gasteiger partial charge >= 0.3 is 12.2 Å². The molecule has 0 saturated heterocycles. The summed E-state index contributed by atoms with van der Waals surface area (Å²) in [6.07, 6.45) is -4.60. The van der Waals surface area contributed by atoms with Gasteiger partial charge in [0.2, 0.25) is 0 Å². The maximum absolute atomic E-state index is 12.9. The number of halogens is 5. The largest absolute Gasteiger partial charge is 0.417 e. The smallest absolute Gasteiger partial charge is 0.368 e. The number of amides is 2. The van der Waals surface area contributed by atoms with Gasteiger partial charge in [0.15, 0.2) is 0 Å². The van der Waals surface area contributed by atoms with Crippen molar-refractivity contribution in [1.82, 2.24) is 5.32 Å². The molecule has 0 bridgehead atoms. The van der Waals surface area contributed by atoms with Gasteiger partial charge in [-0.25, -0.2) is 4.79 Å². The third-order valence-electron chi connectivity index (χ3n) is 3.60. The summed E-state index contributed by atoms with van der Waals surface area (Å²) in [5.74, 6) is 0.738. The predicted octanol–water partition coefficient (Wildman–Crippen LogP) is 4.77. The first kappa shape index (κ1) is 20.9. The number of nitrogens with zero attached hydrogens (tertiary/aromatic N) is 1. The number of anilines is 2. The van der Waals surface area contributed by atoms with Crippen molar-refractivity contribution >= 4 is 47.2 Å². The average molecular weight is 419 g/mol. The lowest BCUT2D eigenvalue weighted by molar-refractivity contribution is -0.137. The number of carbonyl (C=O) groups excluding carboxylic acids is 1. The molecule has 1 heterocycles. The number of nitrogens with one attached hydrogen (secondary N) is 3. The van der Waals surface area contributed by atoms with Crippen LogP contribution < -0.4 is 16.0 Å². The molecule has 27 heavy (non-hydrogen) atoms. The van der Waals surface area contributed by atoms with E-state index in [1.54, 1.807) is 18.2 Å². The SMILES string of the molecule is Cl.O=C(Nc1cccc(C2=NCCN2)c1)Nc1ccc(Cl)c(C(F)(F)F)c1. The van der Waals surface area contributed by atoms with Crippen LogP contribution in [0.4, 0.5) is 29.3 Å². The van der Waals surface area contributed by atoms with E-state index in [1.165, 1.54) is 6.07 Å². The molecule has 0 aromatic heterocycles. The van der Waals surface area contributed by atoms with Gasteiger partial charge < -0.3 is 16.0 Å². The topological polar surface area (TPSA) is 65.5 Å². The summed E-state index contributed by atoms with van der Waals surface area (Å²) >= 11 is 5.56. The zero-order valence-corrected chi connectivity index (χ0v) is 15.3. The van der Waals surface area contributed by atoms with Crippen molar-refractivity contribution < 1.29 is 18.0 Å². The summed E-state index contributed by atoms with van der Waals surface area (Å²) in [6.45, 7) is 1.44. The van der Waals surface area contributed by atoms with Crippen LogP contribution in [-0.4, -0.2) is 25.0 Å². The van der Waals surface area contributed by atoms with E-state index in [0.29, 0.717) is 12.2 Å². The lowest BCUT2D eigenvalue weighted by atomic mass is 10.2. The summed E-state index contributed by atoms with van der Waals surface area (Å²) in [4.78, 5) is 16.4. The van der Waals surface area contributed by atoms with E-state index in [-0.39, 0.29) is 18.1 Å². The number of alkyl halides is 3. The van der Waals surface area contributed by atoms with Crippen LogP contribution in [0.5, 0.6) is 0 Å². The summed E-state index contributed by atoms with van der Waals surface area (Å²) in [5.41, 5.74) is 0.272. The number of rotatable bonds is 3. The number of amidine groups is 1. The Kier molecular flexibility index (Phi) is 6.56. The highest BCUT2D eigenvalue weighted by atomic mass is 35.5. The minimum Gasteiger partial charge on any atom is -0.368 e. The molecule has 1 aliphatic rings. The number of hydrogen-bond donors (Lipinski definition) is 3. The first-order valence-electron chi connectivity index (χ1n) is 7.66. The highest BCUT2D eigenvalue weighted by molar-refractivity contribution is 6.31. The molecular weight excluding hydrogens is 404 g/mol. The summed E-state index contributed by atoms with van der Waals surface area (Å²) in [7, 11) is 0. The molecule has 2 aromatic rings. The minimum atomic E-state index is -4.60. The Labute approximate surface area is 164 Å². The normalized spacial score (nSPS) is 13.3. The fraction of sp³-hybridized carbons (Fsp3) is 0.176. The number of hydrogen-bond acceptors (Lipinski definition) is 3. The number of urea groups is 1. The molecule has 3 rings (SSSR count). The van der Waals surface area contributed by atoms with E-state index < -0.39 is 22.8 Å². The van der Waals surface area contributed by atoms with E-state index in [9.17, 15) is 18.0 Å². The van der Waals surface area contributed by atoms with E-state index in [2.05, 4.69) is 20.9 Å². The number of aliphatic imine (C=N–C) groups is 1. The van der Waals surface area contributed by atoms with Crippen LogP contribution in [0.1, 0.15) is 11.1 Å². The van der Waals surface area contributed by atoms with Gasteiger partial charge in [-0.2, -0.15) is 13.2 Å². The highest BCUT2D eigenvalue weighted by Crippen LogP contribution is 2.36. The van der Waals surface area contributed by atoms with Crippen LogP contribution in [0.3, 0.4) is 0 Å². The molecule has 0 unspecified atom stereocenters. The summed E-state index contributed by atoms with van der Waals surface area (Å²) in [5, 5.41) is 7.64. The van der Waals surface area contributed by atoms with Crippen molar-refractivity contribution in [3.8, 4) is 0 Å². The predicted molar refractivity (Wildman–Crippen MR) is 102 cm³/mol. The van der Waals surface area contributed by atoms with E-state index >= 15 is 0 Å². The Morgan fingerprint density at radius 3 is 2.44 bits per heavy atom. The molecule has 3 N–H and O–H groups in total. The third kappa shape index (κ3) is 5.27. The molecule has 5 nitrogen and oxygen atoms in total. The van der Waals surface area contributed by atoms with Gasteiger partial charge in [0.1, 0.15) is 5.84 Å². The second-order valence-electron chi connectivity index (χ2n) is 5.51. The van der Waals surface area contributed by atoms with E-state index in [4.69, 9.17) is 11.6 Å². The van der Waals surface area contributed by atoms with Crippen molar-refractivity contribution in [1.29, 1.82) is 0 Å². The first-order chi connectivity index (χ1) is 12.3. The van der Waals surface area contributed by atoms with Crippen molar-refractivity contribution in [2.75, 3.05) is 23.7 Å². The molecule has 10 heteroatoms. The van der Waals surface area contributed by atoms with Gasteiger partial charge in [0, 0.05) is 23.5 Å². The zero-order chi connectivity index (χ0) is 18.7. The molecule has 0 saturated carbocycles. The van der Waals surface area contributed by atoms with Gasteiger partial charge in [-0.15, -0.1) is 12.4 Å². The zero-order valence-electron chi connectivity index (χ0n) is 13.7. The second-order valence-corrected chi connectivity index (χ2v) is 5.92. The Bertz CT molecular complexity index is 871. The molecule has 144 valence electrons. The maximum Gasteiger partial charge on any atom is 0.417 e. The van der Waals surface area contributed by atoms with Crippen LogP contribution in [0.2, 0.25) is 5.02 Å². The Balaban J connectivity index is 0.00000261. The van der Waals surface area contributed by atoms with Crippen molar-refractivity contribution in [2.24, 2.45) is 4.99 Å². The van der Waals surface area contributed by atoms with E-state index in [0.717, 1.165) is 30.1 Å². The molecule has 1 aliphatic heterocycles. The van der Waals surface area contributed by atoms with Gasteiger partial charge in [0.25, 0.3) is 0 Å². The standard InChI is InChI=1S/C17H14ClF3N4O.ClH/c18-14-5-4-12(9-13(14)17(19,20)21)25-16(26)24-11-3-1-2-10(8-11)15-22-6-7-23-15;/h1-5,8-9H,6-7H2,(H,22,23)(H2,24,25,26);1H. The number of carbonyl (C=O) groups is 1. The second kappa shape index (κ2) is 8.49. The Morgan fingerprint density at radius 1 is 1.11 bits per heavy atom. The van der Waals surface area contributed by atoms with Gasteiger partial charge in [0.05, 0.1) is 17.1 Å². The van der Waals surface area contributed by atoms with Crippen molar-refractivity contribution in [3.05, 3.63) is 58.6 Å². The lowest BCUT2D eigenvalue weighted by Crippen LogP contribution is -2.21. The van der Waals surface area contributed by atoms with Crippen LogP contribution in [0.15, 0.2) is 47.5 Å². The van der Waals surface area contributed by atoms with Crippen LogP contribution >= 0.6 is 24.0 Å². The fourth-order valence-electron chi connectivity index (χ4n) is 2.45. The molecule has 0 spiro atoms. The van der Waals surface area contributed by atoms with Gasteiger partial charge in [-0.1, -0.05) is 23.7 Å². The molecule has 0 radical (unpaired) electrons. The van der Waals surface area contributed by atoms with Gasteiger partial charge in [-0.05, 0) is 30.3 Å². The van der Waals surface area contributed by atoms with Crippen LogP contribution in [0.25, 0.3) is 0 Å². The average Bonchev–Trinajstić information content (AvgIpc) is 3.10. The molecular formula is C17H15Cl2F3N4O. The Hall–Kier alpha value is -2.45. The van der Waals surface area contributed by atoms with E-state index in [1.807, 2.05) is 6.07 Å². The molecule has 2 aromatic carbocycles. The molecule has 0 fully saturated rings. The quantitative estimate of drug-likeness (QED) is 0.671. The first-order valence-corrected chi connectivity index (χ1v) is 8.04. The monoisotopic (exact) mass is 418 g/mol. The maximum atomic E-state index is 12.9.